The lowest BCUT2D eigenvalue weighted by atomic mass is 10.00. The second-order valence-electron chi connectivity index (χ2n) is 4.20. The molecule has 98 valence electrons. The molecule has 19 heavy (non-hydrogen) atoms. The van der Waals surface area contributed by atoms with E-state index in [4.69, 9.17) is 17.3 Å². The Morgan fingerprint density at radius 1 is 1.42 bits per heavy atom. The Morgan fingerprint density at radius 2 is 2.16 bits per heavy atom. The predicted octanol–water partition coefficient (Wildman–Crippen LogP) is 3.19. The third kappa shape index (κ3) is 2.74. The molecule has 0 atom stereocenters. The van der Waals surface area contributed by atoms with Crippen LogP contribution in [0.15, 0.2) is 30.5 Å². The first-order valence-corrected chi connectivity index (χ1v) is 6.05. The smallest absolute Gasteiger partial charge is 0.171 e. The number of carbonyl (C=O) groups is 1. The number of aryl methyl sites for hydroxylation is 1. The molecule has 0 bridgehead atoms. The van der Waals surface area contributed by atoms with Crippen LogP contribution in [-0.2, 0) is 6.42 Å². The van der Waals surface area contributed by atoms with Crippen molar-refractivity contribution in [3.63, 3.8) is 0 Å². The minimum Gasteiger partial charge on any atom is -0.383 e. The SMILES string of the molecule is Cc1ccnc(N)c1C(=O)Cc1cccc(Cl)c1F. The highest BCUT2D eigenvalue weighted by Gasteiger charge is 2.17. The van der Waals surface area contributed by atoms with Crippen molar-refractivity contribution in [1.29, 1.82) is 0 Å². The molecule has 2 aromatic rings. The fourth-order valence-electron chi connectivity index (χ4n) is 1.89. The molecule has 0 amide bonds. The summed E-state index contributed by atoms with van der Waals surface area (Å²) >= 11 is 5.68. The van der Waals surface area contributed by atoms with Crippen molar-refractivity contribution in [3.05, 3.63) is 58.0 Å². The van der Waals surface area contributed by atoms with Crippen LogP contribution in [0.1, 0.15) is 21.5 Å². The lowest BCUT2D eigenvalue weighted by molar-refractivity contribution is 0.0992. The highest BCUT2D eigenvalue weighted by molar-refractivity contribution is 6.30. The molecule has 2 N–H and O–H groups in total. The largest absolute Gasteiger partial charge is 0.383 e. The van der Waals surface area contributed by atoms with Gasteiger partial charge in [0.25, 0.3) is 0 Å². The number of hydrogen-bond donors (Lipinski definition) is 1. The van der Waals surface area contributed by atoms with Crippen LogP contribution in [0, 0.1) is 12.7 Å². The van der Waals surface area contributed by atoms with Gasteiger partial charge in [0.15, 0.2) is 5.78 Å². The fourth-order valence-corrected chi connectivity index (χ4v) is 2.08. The maximum atomic E-state index is 13.7. The molecule has 0 saturated heterocycles. The normalized spacial score (nSPS) is 10.5. The number of rotatable bonds is 3. The zero-order chi connectivity index (χ0) is 14.0. The average molecular weight is 279 g/mol. The van der Waals surface area contributed by atoms with Crippen molar-refractivity contribution in [2.24, 2.45) is 0 Å². The van der Waals surface area contributed by atoms with Crippen LogP contribution < -0.4 is 5.73 Å². The second kappa shape index (κ2) is 5.36. The number of halogens is 2. The van der Waals surface area contributed by atoms with Gasteiger partial charge >= 0.3 is 0 Å². The minimum atomic E-state index is -0.572. The molecule has 1 aromatic heterocycles. The zero-order valence-corrected chi connectivity index (χ0v) is 11.0. The van der Waals surface area contributed by atoms with Gasteiger partial charge in [-0.3, -0.25) is 4.79 Å². The van der Waals surface area contributed by atoms with E-state index >= 15 is 0 Å². The first-order chi connectivity index (χ1) is 9.00. The standard InChI is InChI=1S/C14H12ClFN2O/c1-8-5-6-18-14(17)12(8)11(19)7-9-3-2-4-10(15)13(9)16/h2-6H,7H2,1H3,(H2,17,18). The van der Waals surface area contributed by atoms with Gasteiger partial charge in [-0.25, -0.2) is 9.37 Å². The van der Waals surface area contributed by atoms with E-state index in [-0.39, 0.29) is 28.6 Å². The molecular formula is C14H12ClFN2O. The third-order valence-electron chi connectivity index (χ3n) is 2.85. The quantitative estimate of drug-likeness (QED) is 0.877. The summed E-state index contributed by atoms with van der Waals surface area (Å²) in [5.74, 6) is -0.686. The summed E-state index contributed by atoms with van der Waals surface area (Å²) < 4.78 is 13.7. The van der Waals surface area contributed by atoms with Gasteiger partial charge in [0, 0.05) is 12.6 Å². The molecule has 0 unspecified atom stereocenters. The number of ketones is 1. The maximum Gasteiger partial charge on any atom is 0.171 e. The van der Waals surface area contributed by atoms with Gasteiger partial charge in [-0.2, -0.15) is 0 Å². The van der Waals surface area contributed by atoms with Crippen LogP contribution in [-0.4, -0.2) is 10.8 Å². The van der Waals surface area contributed by atoms with Gasteiger partial charge in [-0.05, 0) is 30.2 Å². The Bertz CT molecular complexity index is 623. The Kier molecular flexibility index (Phi) is 3.81. The summed E-state index contributed by atoms with van der Waals surface area (Å²) in [6.07, 6.45) is 1.44. The molecular weight excluding hydrogens is 267 g/mol. The maximum absolute atomic E-state index is 13.7. The van der Waals surface area contributed by atoms with Crippen molar-refractivity contribution in [3.8, 4) is 0 Å². The van der Waals surface area contributed by atoms with Gasteiger partial charge in [0.2, 0.25) is 0 Å². The van der Waals surface area contributed by atoms with E-state index in [1.165, 1.54) is 18.3 Å². The molecule has 0 saturated carbocycles. The van der Waals surface area contributed by atoms with E-state index in [0.29, 0.717) is 5.56 Å². The number of hydrogen-bond acceptors (Lipinski definition) is 3. The lowest BCUT2D eigenvalue weighted by Crippen LogP contribution is -2.11. The first kappa shape index (κ1) is 13.5. The molecule has 0 aliphatic carbocycles. The molecule has 2 rings (SSSR count). The zero-order valence-electron chi connectivity index (χ0n) is 10.3. The number of benzene rings is 1. The summed E-state index contributed by atoms with van der Waals surface area (Å²) in [6, 6.07) is 6.26. The van der Waals surface area contributed by atoms with Crippen molar-refractivity contribution < 1.29 is 9.18 Å². The van der Waals surface area contributed by atoms with E-state index < -0.39 is 5.82 Å². The summed E-state index contributed by atoms with van der Waals surface area (Å²) in [5, 5.41) is 0.00109. The van der Waals surface area contributed by atoms with E-state index in [9.17, 15) is 9.18 Å². The van der Waals surface area contributed by atoms with Crippen molar-refractivity contribution in [2.45, 2.75) is 13.3 Å². The van der Waals surface area contributed by atoms with Gasteiger partial charge < -0.3 is 5.73 Å². The average Bonchev–Trinajstić information content (AvgIpc) is 2.35. The van der Waals surface area contributed by atoms with E-state index in [1.54, 1.807) is 19.1 Å². The number of anilines is 1. The van der Waals surface area contributed by atoms with Gasteiger partial charge in [-0.1, -0.05) is 23.7 Å². The molecule has 0 spiro atoms. The molecule has 1 aromatic carbocycles. The van der Waals surface area contributed by atoms with E-state index in [2.05, 4.69) is 4.98 Å². The van der Waals surface area contributed by atoms with Gasteiger partial charge in [-0.15, -0.1) is 0 Å². The van der Waals surface area contributed by atoms with Crippen LogP contribution in [0.4, 0.5) is 10.2 Å². The van der Waals surface area contributed by atoms with E-state index in [1.807, 2.05) is 0 Å². The summed E-state index contributed by atoms with van der Waals surface area (Å²) in [4.78, 5) is 16.1. The molecule has 0 fully saturated rings. The van der Waals surface area contributed by atoms with Crippen LogP contribution in [0.25, 0.3) is 0 Å². The monoisotopic (exact) mass is 278 g/mol. The van der Waals surface area contributed by atoms with Gasteiger partial charge in [0.1, 0.15) is 11.6 Å². The molecule has 0 aliphatic heterocycles. The van der Waals surface area contributed by atoms with Crippen molar-refractivity contribution in [2.75, 3.05) is 5.73 Å². The number of pyridine rings is 1. The number of nitrogens with two attached hydrogens (primary N) is 1. The summed E-state index contributed by atoms with van der Waals surface area (Å²) in [7, 11) is 0. The second-order valence-corrected chi connectivity index (χ2v) is 4.61. The topological polar surface area (TPSA) is 56.0 Å². The van der Waals surface area contributed by atoms with Crippen LogP contribution in [0.2, 0.25) is 5.02 Å². The van der Waals surface area contributed by atoms with Crippen molar-refractivity contribution in [1.82, 2.24) is 4.98 Å². The van der Waals surface area contributed by atoms with Crippen molar-refractivity contribution >= 4 is 23.2 Å². The Morgan fingerprint density at radius 3 is 2.84 bits per heavy atom. The first-order valence-electron chi connectivity index (χ1n) is 5.68. The summed E-state index contributed by atoms with van der Waals surface area (Å²) in [5.41, 5.74) is 7.00. The third-order valence-corrected chi connectivity index (χ3v) is 3.14. The van der Waals surface area contributed by atoms with Crippen LogP contribution >= 0.6 is 11.6 Å². The molecule has 1 heterocycles. The highest BCUT2D eigenvalue weighted by Crippen LogP contribution is 2.21. The number of nitrogen functional groups attached to an aromatic ring is 1. The Labute approximate surface area is 115 Å². The minimum absolute atomic E-state index is 0.00109. The number of nitrogens with zero attached hydrogens (tertiary/aromatic N) is 1. The number of carbonyl (C=O) groups excluding carboxylic acids is 1. The number of Topliss-reactive ketones (excluding diaryl/α,β-unsaturated/α-hetero) is 1. The van der Waals surface area contributed by atoms with E-state index in [0.717, 1.165) is 5.56 Å². The Balaban J connectivity index is 2.34. The predicted molar refractivity (Wildman–Crippen MR) is 72.8 cm³/mol. The molecule has 3 nitrogen and oxygen atoms in total. The van der Waals surface area contributed by atoms with Gasteiger partial charge in [0.05, 0.1) is 10.6 Å². The van der Waals surface area contributed by atoms with Crippen LogP contribution in [0.3, 0.4) is 0 Å². The Hall–Kier alpha value is -1.94. The number of aromatic nitrogens is 1. The van der Waals surface area contributed by atoms with Crippen LogP contribution in [0.5, 0.6) is 0 Å². The molecule has 0 aliphatic rings. The fraction of sp³-hybridized carbons (Fsp3) is 0.143. The molecule has 0 radical (unpaired) electrons. The lowest BCUT2D eigenvalue weighted by Gasteiger charge is -2.08. The highest BCUT2D eigenvalue weighted by atomic mass is 35.5. The summed E-state index contributed by atoms with van der Waals surface area (Å²) in [6.45, 7) is 1.76. The molecule has 5 heteroatoms.